The average molecular weight is 287 g/mol. The molecule has 0 atom stereocenters. The predicted octanol–water partition coefficient (Wildman–Crippen LogP) is 2.93. The van der Waals surface area contributed by atoms with Gasteiger partial charge < -0.3 is 14.6 Å². The number of aliphatic hydroxyl groups excluding tert-OH is 1. The molecule has 1 N–H and O–H groups in total. The van der Waals surface area contributed by atoms with Gasteiger partial charge in [-0.1, -0.05) is 6.07 Å². The molecule has 0 aromatic heterocycles. The summed E-state index contributed by atoms with van der Waals surface area (Å²) in [6.07, 6.45) is 5.45. The first-order valence-corrected chi connectivity index (χ1v) is 7.61. The maximum Gasteiger partial charge on any atom is 0.161 e. The molecule has 0 radical (unpaired) electrons. The van der Waals surface area contributed by atoms with Gasteiger partial charge in [-0.2, -0.15) is 5.26 Å². The van der Waals surface area contributed by atoms with Crippen molar-refractivity contribution in [2.24, 2.45) is 0 Å². The first-order valence-electron chi connectivity index (χ1n) is 7.61. The maximum atomic E-state index is 9.57. The fourth-order valence-corrected chi connectivity index (χ4v) is 3.39. The molecule has 4 nitrogen and oxygen atoms in total. The maximum absolute atomic E-state index is 9.57. The van der Waals surface area contributed by atoms with Crippen LogP contribution in [0.15, 0.2) is 18.2 Å². The molecule has 2 aliphatic rings. The van der Waals surface area contributed by atoms with Crippen molar-refractivity contribution in [1.82, 2.24) is 0 Å². The Hall–Kier alpha value is -1.73. The van der Waals surface area contributed by atoms with Crippen molar-refractivity contribution >= 4 is 0 Å². The van der Waals surface area contributed by atoms with Crippen molar-refractivity contribution in [1.29, 1.82) is 5.26 Å². The Balaban J connectivity index is 1.87. The lowest BCUT2D eigenvalue weighted by atomic mass is 9.64. The number of ether oxygens (including phenoxy) is 2. The zero-order valence-corrected chi connectivity index (χ0v) is 12.3. The lowest BCUT2D eigenvalue weighted by Crippen LogP contribution is -2.43. The Morgan fingerprint density at radius 3 is 2.52 bits per heavy atom. The van der Waals surface area contributed by atoms with Crippen molar-refractivity contribution in [3.05, 3.63) is 23.8 Å². The van der Waals surface area contributed by atoms with Crippen molar-refractivity contribution in [3.8, 4) is 17.6 Å². The van der Waals surface area contributed by atoms with Crippen LogP contribution in [0.1, 0.15) is 44.1 Å². The molecule has 1 aromatic rings. The van der Waals surface area contributed by atoms with E-state index in [1.165, 1.54) is 12.8 Å². The van der Waals surface area contributed by atoms with Gasteiger partial charge in [0.1, 0.15) is 0 Å². The highest BCUT2D eigenvalue weighted by atomic mass is 16.5. The minimum atomic E-state index is -0.570. The van der Waals surface area contributed by atoms with E-state index < -0.39 is 5.41 Å². The largest absolute Gasteiger partial charge is 0.493 e. The van der Waals surface area contributed by atoms with Gasteiger partial charge in [0.25, 0.3) is 0 Å². The number of hydrogen-bond donors (Lipinski definition) is 1. The van der Waals surface area contributed by atoms with Crippen LogP contribution in [-0.4, -0.2) is 24.4 Å². The fraction of sp³-hybridized carbons (Fsp3) is 0.588. The molecule has 21 heavy (non-hydrogen) atoms. The zero-order valence-electron chi connectivity index (χ0n) is 12.3. The molecule has 0 saturated heterocycles. The first kappa shape index (κ1) is 14.2. The van der Waals surface area contributed by atoms with E-state index in [-0.39, 0.29) is 12.2 Å². The number of aliphatic hydroxyl groups is 1. The molecule has 0 amide bonds. The summed E-state index contributed by atoms with van der Waals surface area (Å²) in [6.45, 7) is 0. The van der Waals surface area contributed by atoms with E-state index in [0.29, 0.717) is 18.6 Å². The van der Waals surface area contributed by atoms with Crippen LogP contribution in [-0.2, 0) is 5.41 Å². The minimum absolute atomic E-state index is 0.249. The number of rotatable bonds is 4. The van der Waals surface area contributed by atoms with Crippen molar-refractivity contribution in [3.63, 3.8) is 0 Å². The highest BCUT2D eigenvalue weighted by Gasteiger charge is 2.45. The van der Waals surface area contributed by atoms with Gasteiger partial charge in [-0.15, -0.1) is 0 Å². The third kappa shape index (κ3) is 2.58. The van der Waals surface area contributed by atoms with Gasteiger partial charge in [0.05, 0.1) is 30.8 Å². The third-order valence-corrected chi connectivity index (χ3v) is 4.69. The molecule has 4 heteroatoms. The summed E-state index contributed by atoms with van der Waals surface area (Å²) < 4.78 is 11.4. The second-order valence-corrected chi connectivity index (χ2v) is 6.15. The van der Waals surface area contributed by atoms with Crippen LogP contribution in [0.3, 0.4) is 0 Å². The minimum Gasteiger partial charge on any atom is -0.493 e. The van der Waals surface area contributed by atoms with E-state index in [2.05, 4.69) is 6.07 Å². The third-order valence-electron chi connectivity index (χ3n) is 4.69. The topological polar surface area (TPSA) is 62.5 Å². The van der Waals surface area contributed by atoms with Crippen molar-refractivity contribution in [2.45, 2.75) is 56.1 Å². The molecule has 0 spiro atoms. The van der Waals surface area contributed by atoms with Crippen LogP contribution >= 0.6 is 0 Å². The van der Waals surface area contributed by atoms with Gasteiger partial charge in [-0.25, -0.2) is 0 Å². The number of methoxy groups -OCH3 is 1. The zero-order chi connectivity index (χ0) is 14.9. The molecule has 0 unspecified atom stereocenters. The Morgan fingerprint density at radius 2 is 1.95 bits per heavy atom. The molecular weight excluding hydrogens is 266 g/mol. The monoisotopic (exact) mass is 287 g/mol. The van der Waals surface area contributed by atoms with E-state index in [9.17, 15) is 10.4 Å². The summed E-state index contributed by atoms with van der Waals surface area (Å²) in [6, 6.07) is 8.06. The SMILES string of the molecule is COc1ccc([C@]2(C#N)C[C@H](O)C2)cc1OC1CCCC1. The van der Waals surface area contributed by atoms with Gasteiger partial charge in [0.15, 0.2) is 11.5 Å². The van der Waals surface area contributed by atoms with Crippen molar-refractivity contribution in [2.75, 3.05) is 7.11 Å². The molecule has 2 fully saturated rings. The van der Waals surface area contributed by atoms with Crippen LogP contribution in [0, 0.1) is 11.3 Å². The van der Waals surface area contributed by atoms with E-state index in [1.54, 1.807) is 7.11 Å². The van der Waals surface area contributed by atoms with Crippen LogP contribution in [0.4, 0.5) is 0 Å². The van der Waals surface area contributed by atoms with Gasteiger partial charge in [-0.3, -0.25) is 0 Å². The Labute approximate surface area is 125 Å². The molecule has 0 aliphatic heterocycles. The van der Waals surface area contributed by atoms with Gasteiger partial charge in [-0.05, 0) is 56.2 Å². The van der Waals surface area contributed by atoms with Crippen LogP contribution in [0.25, 0.3) is 0 Å². The highest BCUT2D eigenvalue weighted by molar-refractivity contribution is 5.48. The lowest BCUT2D eigenvalue weighted by molar-refractivity contribution is 0.0445. The molecule has 2 aliphatic carbocycles. The Kier molecular flexibility index (Phi) is 3.77. The average Bonchev–Trinajstić information content (AvgIpc) is 2.96. The molecular formula is C17H21NO3. The Bertz CT molecular complexity index is 552. The van der Waals surface area contributed by atoms with E-state index >= 15 is 0 Å². The van der Waals surface area contributed by atoms with Gasteiger partial charge in [0, 0.05) is 0 Å². The fourth-order valence-electron chi connectivity index (χ4n) is 3.39. The summed E-state index contributed by atoms with van der Waals surface area (Å²) in [5.41, 5.74) is 0.350. The predicted molar refractivity (Wildman–Crippen MR) is 78.4 cm³/mol. The molecule has 2 saturated carbocycles. The highest BCUT2D eigenvalue weighted by Crippen LogP contribution is 2.45. The van der Waals surface area contributed by atoms with E-state index in [1.807, 2.05) is 18.2 Å². The van der Waals surface area contributed by atoms with E-state index in [0.717, 1.165) is 24.2 Å². The molecule has 1 aromatic carbocycles. The summed E-state index contributed by atoms with van der Waals surface area (Å²) in [7, 11) is 1.63. The summed E-state index contributed by atoms with van der Waals surface area (Å²) in [5, 5.41) is 19.0. The van der Waals surface area contributed by atoms with Gasteiger partial charge in [0.2, 0.25) is 0 Å². The summed E-state index contributed by atoms with van der Waals surface area (Å²) >= 11 is 0. The quantitative estimate of drug-likeness (QED) is 0.925. The van der Waals surface area contributed by atoms with Crippen LogP contribution < -0.4 is 9.47 Å². The molecule has 112 valence electrons. The normalized spacial score (nSPS) is 28.7. The second kappa shape index (κ2) is 5.57. The van der Waals surface area contributed by atoms with Crippen molar-refractivity contribution < 1.29 is 14.6 Å². The number of nitriles is 1. The number of nitrogens with zero attached hydrogens (tertiary/aromatic N) is 1. The number of benzene rings is 1. The Morgan fingerprint density at radius 1 is 1.24 bits per heavy atom. The number of hydrogen-bond acceptors (Lipinski definition) is 4. The smallest absolute Gasteiger partial charge is 0.161 e. The van der Waals surface area contributed by atoms with Gasteiger partial charge >= 0.3 is 0 Å². The molecule has 0 bridgehead atoms. The molecule has 3 rings (SSSR count). The second-order valence-electron chi connectivity index (χ2n) is 6.15. The van der Waals surface area contributed by atoms with Crippen LogP contribution in [0.2, 0.25) is 0 Å². The van der Waals surface area contributed by atoms with Crippen LogP contribution in [0.5, 0.6) is 11.5 Å². The molecule has 0 heterocycles. The standard InChI is InChI=1S/C17H21NO3/c1-20-15-7-6-12(17(11-18)9-13(19)10-17)8-16(15)21-14-4-2-3-5-14/h6-8,13-14,19H,2-5,9-10H2,1H3/t13-,17+. The van der Waals surface area contributed by atoms with E-state index in [4.69, 9.17) is 9.47 Å². The lowest BCUT2D eigenvalue weighted by Gasteiger charge is -2.40. The summed E-state index contributed by atoms with van der Waals surface area (Å²) in [4.78, 5) is 0. The summed E-state index contributed by atoms with van der Waals surface area (Å²) in [5.74, 6) is 1.43. The first-order chi connectivity index (χ1) is 10.2.